The number of hydrogen-bond donors (Lipinski definition) is 1. The highest BCUT2D eigenvalue weighted by Gasteiger charge is 2.23. The minimum Gasteiger partial charge on any atom is -0.494 e. The van der Waals surface area contributed by atoms with Crippen molar-refractivity contribution in [3.05, 3.63) is 48.7 Å². The van der Waals surface area contributed by atoms with E-state index in [9.17, 15) is 5.11 Å². The van der Waals surface area contributed by atoms with Crippen LogP contribution < -0.4 is 4.74 Å². The van der Waals surface area contributed by atoms with Crippen LogP contribution in [0.4, 0.5) is 0 Å². The van der Waals surface area contributed by atoms with Crippen molar-refractivity contribution in [3.8, 4) is 17.0 Å². The second kappa shape index (κ2) is 6.86. The number of pyridine rings is 1. The normalized spacial score (nSPS) is 13.2. The first-order chi connectivity index (χ1) is 11.9. The van der Waals surface area contributed by atoms with Gasteiger partial charge in [-0.1, -0.05) is 0 Å². The van der Waals surface area contributed by atoms with Gasteiger partial charge in [0.15, 0.2) is 0 Å². The van der Waals surface area contributed by atoms with Gasteiger partial charge < -0.3 is 14.6 Å². The Bertz CT molecular complexity index is 847. The molecule has 0 aliphatic heterocycles. The van der Waals surface area contributed by atoms with Crippen molar-refractivity contribution in [2.45, 2.75) is 39.7 Å². The molecule has 1 atom stereocenters. The van der Waals surface area contributed by atoms with Gasteiger partial charge in [-0.15, -0.1) is 0 Å². The molecule has 1 aromatic carbocycles. The highest BCUT2D eigenvalue weighted by Crippen LogP contribution is 2.32. The molecule has 3 aromatic rings. The van der Waals surface area contributed by atoms with E-state index >= 15 is 0 Å². The summed E-state index contributed by atoms with van der Waals surface area (Å²) in [6.07, 6.45) is 0.582. The largest absolute Gasteiger partial charge is 0.494 e. The maximum Gasteiger partial charge on any atom is 0.244 e. The summed E-state index contributed by atoms with van der Waals surface area (Å²) in [5.41, 5.74) is 2.00. The number of aliphatic hydroxyl groups is 1. The van der Waals surface area contributed by atoms with E-state index in [4.69, 9.17) is 9.47 Å². The fraction of sp³-hybridized carbons (Fsp3) is 0.350. The fourth-order valence-electron chi connectivity index (χ4n) is 2.76. The van der Waals surface area contributed by atoms with Crippen LogP contribution in [0.15, 0.2) is 48.7 Å². The summed E-state index contributed by atoms with van der Waals surface area (Å²) in [6, 6.07) is 13.6. The lowest BCUT2D eigenvalue weighted by molar-refractivity contribution is -0.207. The number of aromatic nitrogens is 2. The summed E-state index contributed by atoms with van der Waals surface area (Å²) in [5, 5.41) is 11.6. The average Bonchev–Trinajstić information content (AvgIpc) is 2.94. The van der Waals surface area contributed by atoms with Crippen LogP contribution in [0.1, 0.15) is 34.1 Å². The molecule has 0 radical (unpaired) electrons. The zero-order valence-electron chi connectivity index (χ0n) is 15.1. The van der Waals surface area contributed by atoms with E-state index in [1.165, 1.54) is 0 Å². The van der Waals surface area contributed by atoms with Gasteiger partial charge in [0.1, 0.15) is 11.4 Å². The molecule has 2 aromatic heterocycles. The van der Waals surface area contributed by atoms with Gasteiger partial charge in [0.25, 0.3) is 0 Å². The molecule has 25 heavy (non-hydrogen) atoms. The van der Waals surface area contributed by atoms with Gasteiger partial charge in [0, 0.05) is 11.6 Å². The van der Waals surface area contributed by atoms with Crippen LogP contribution >= 0.6 is 0 Å². The maximum atomic E-state index is 10.7. The number of aliphatic hydroxyl groups excluding tert-OH is 1. The summed E-state index contributed by atoms with van der Waals surface area (Å²) < 4.78 is 13.0. The van der Waals surface area contributed by atoms with E-state index in [1.54, 1.807) is 10.8 Å². The van der Waals surface area contributed by atoms with Crippen molar-refractivity contribution >= 4 is 11.0 Å². The van der Waals surface area contributed by atoms with E-state index < -0.39 is 12.0 Å². The van der Waals surface area contributed by atoms with Crippen molar-refractivity contribution in [1.29, 1.82) is 0 Å². The fourth-order valence-corrected chi connectivity index (χ4v) is 2.76. The quantitative estimate of drug-likeness (QED) is 0.701. The molecule has 5 heteroatoms. The minimum atomic E-state index is -1.13. The molecular formula is C20H24N2O3. The smallest absolute Gasteiger partial charge is 0.244 e. The first kappa shape index (κ1) is 17.5. The van der Waals surface area contributed by atoms with Crippen molar-refractivity contribution in [3.63, 3.8) is 0 Å². The molecule has 0 bridgehead atoms. The Hall–Kier alpha value is -2.37. The van der Waals surface area contributed by atoms with Crippen molar-refractivity contribution in [2.24, 2.45) is 0 Å². The molecule has 1 unspecified atom stereocenters. The molecule has 0 aliphatic rings. The Morgan fingerprint density at radius 1 is 1.16 bits per heavy atom. The van der Waals surface area contributed by atoms with Crippen LogP contribution in [0, 0.1) is 0 Å². The third kappa shape index (κ3) is 3.83. The molecule has 5 nitrogen and oxygen atoms in total. The van der Waals surface area contributed by atoms with Gasteiger partial charge in [0.2, 0.25) is 6.41 Å². The number of rotatable bonds is 5. The third-order valence-electron chi connectivity index (χ3n) is 3.74. The van der Waals surface area contributed by atoms with Crippen molar-refractivity contribution in [1.82, 2.24) is 9.55 Å². The number of hydrogen-bond acceptors (Lipinski definition) is 4. The lowest BCUT2D eigenvalue weighted by Crippen LogP contribution is -2.26. The zero-order valence-corrected chi connectivity index (χ0v) is 15.1. The number of nitrogens with zero attached hydrogens (tertiary/aromatic N) is 2. The summed E-state index contributed by atoms with van der Waals surface area (Å²) in [4.78, 5) is 4.42. The van der Waals surface area contributed by atoms with Crippen molar-refractivity contribution < 1.29 is 14.6 Å². The van der Waals surface area contributed by atoms with E-state index in [0.717, 1.165) is 22.4 Å². The van der Waals surface area contributed by atoms with Gasteiger partial charge in [-0.2, -0.15) is 0 Å². The highest BCUT2D eigenvalue weighted by molar-refractivity contribution is 5.84. The van der Waals surface area contributed by atoms with Crippen molar-refractivity contribution in [2.75, 3.05) is 6.61 Å². The predicted octanol–water partition coefficient (Wildman–Crippen LogP) is 4.37. The monoisotopic (exact) mass is 340 g/mol. The van der Waals surface area contributed by atoms with Crippen LogP contribution in [0.3, 0.4) is 0 Å². The van der Waals surface area contributed by atoms with E-state index in [0.29, 0.717) is 12.3 Å². The Labute approximate surface area is 147 Å². The molecule has 0 saturated carbocycles. The number of ether oxygens (including phenoxy) is 2. The summed E-state index contributed by atoms with van der Waals surface area (Å²) in [7, 11) is 0. The summed E-state index contributed by atoms with van der Waals surface area (Å²) in [6.45, 7) is 8.31. The van der Waals surface area contributed by atoms with E-state index in [1.807, 2.05) is 70.2 Å². The summed E-state index contributed by atoms with van der Waals surface area (Å²) >= 11 is 0. The van der Waals surface area contributed by atoms with Crippen LogP contribution in [-0.4, -0.2) is 26.9 Å². The Morgan fingerprint density at radius 3 is 2.52 bits per heavy atom. The Morgan fingerprint density at radius 2 is 1.88 bits per heavy atom. The molecule has 0 aliphatic carbocycles. The first-order valence-corrected chi connectivity index (χ1v) is 8.44. The van der Waals surface area contributed by atoms with Gasteiger partial charge in [-0.05, 0) is 75.7 Å². The molecule has 2 heterocycles. The third-order valence-corrected chi connectivity index (χ3v) is 3.74. The SMILES string of the molecule is CCOc1ccc(-c2cc3cccnc3n2C(O)OC(C)(C)C)cc1. The Kier molecular flexibility index (Phi) is 4.79. The van der Waals surface area contributed by atoms with E-state index in [2.05, 4.69) is 4.98 Å². The predicted molar refractivity (Wildman–Crippen MR) is 98.4 cm³/mol. The molecule has 1 N–H and O–H groups in total. The topological polar surface area (TPSA) is 56.5 Å². The Balaban J connectivity index is 2.09. The molecule has 0 fully saturated rings. The second-order valence-corrected chi connectivity index (χ2v) is 6.83. The lowest BCUT2D eigenvalue weighted by atomic mass is 10.1. The van der Waals surface area contributed by atoms with Crippen LogP contribution in [0.5, 0.6) is 5.75 Å². The number of benzene rings is 1. The van der Waals surface area contributed by atoms with Crippen LogP contribution in [0.2, 0.25) is 0 Å². The molecule has 132 valence electrons. The maximum absolute atomic E-state index is 10.7. The second-order valence-electron chi connectivity index (χ2n) is 6.83. The zero-order chi connectivity index (χ0) is 18.0. The average molecular weight is 340 g/mol. The van der Waals surface area contributed by atoms with Gasteiger partial charge in [-0.25, -0.2) is 4.98 Å². The van der Waals surface area contributed by atoms with E-state index in [-0.39, 0.29) is 0 Å². The van der Waals surface area contributed by atoms with Gasteiger partial charge in [0.05, 0.1) is 17.9 Å². The standard InChI is InChI=1S/C20H24N2O3/c1-5-24-16-10-8-14(9-11-16)17-13-15-7-6-12-21-18(15)22(17)19(23)25-20(2,3)4/h6-13,19,23H,5H2,1-4H3. The minimum absolute atomic E-state index is 0.485. The molecule has 0 saturated heterocycles. The molecule has 3 rings (SSSR count). The lowest BCUT2D eigenvalue weighted by Gasteiger charge is -2.26. The van der Waals surface area contributed by atoms with Gasteiger partial charge in [-0.3, -0.25) is 4.57 Å². The van der Waals surface area contributed by atoms with Gasteiger partial charge >= 0.3 is 0 Å². The number of fused-ring (bicyclic) bond motifs is 1. The van der Waals surface area contributed by atoms with Crippen LogP contribution in [0.25, 0.3) is 22.3 Å². The molecular weight excluding hydrogens is 316 g/mol. The highest BCUT2D eigenvalue weighted by atomic mass is 16.6. The molecule has 0 spiro atoms. The molecule has 0 amide bonds. The first-order valence-electron chi connectivity index (χ1n) is 8.44. The summed E-state index contributed by atoms with van der Waals surface area (Å²) in [5.74, 6) is 0.818. The van der Waals surface area contributed by atoms with Crippen LogP contribution in [-0.2, 0) is 4.74 Å².